The number of methoxy groups -OCH3 is 2. The first-order chi connectivity index (χ1) is 19.7. The topological polar surface area (TPSA) is 188 Å². The SMILES string of the molecule is COC(=O)[C@]1(Oc2ccc(OC)cc2)C[C@H](OC(C)=O)[C@@H](NC(C)=O)[C@H]([C@H](OC(C)=O)[C@@H](COC(C)=O)OC(C)=O)O1. The number of carbonyl (C=O) groups is 6. The lowest BCUT2D eigenvalue weighted by Crippen LogP contribution is -2.70. The van der Waals surface area contributed by atoms with Crippen LogP contribution in [0.25, 0.3) is 0 Å². The van der Waals surface area contributed by atoms with Gasteiger partial charge in [-0.25, -0.2) is 4.79 Å². The van der Waals surface area contributed by atoms with Crippen LogP contribution in [0.15, 0.2) is 24.3 Å². The molecule has 0 bridgehead atoms. The summed E-state index contributed by atoms with van der Waals surface area (Å²) in [5.41, 5.74) is 0. The second kappa shape index (κ2) is 15.0. The van der Waals surface area contributed by atoms with Crippen molar-refractivity contribution in [1.29, 1.82) is 0 Å². The summed E-state index contributed by atoms with van der Waals surface area (Å²) in [5.74, 6) is -6.75. The molecule has 6 atom stereocenters. The molecule has 1 aromatic carbocycles. The van der Waals surface area contributed by atoms with Crippen LogP contribution in [-0.4, -0.2) is 92.8 Å². The van der Waals surface area contributed by atoms with E-state index in [9.17, 15) is 28.8 Å². The van der Waals surface area contributed by atoms with Gasteiger partial charge in [0, 0.05) is 34.6 Å². The molecule has 15 heteroatoms. The minimum absolute atomic E-state index is 0.0972. The number of nitrogens with one attached hydrogen (secondary N) is 1. The molecule has 1 saturated heterocycles. The monoisotopic (exact) mass is 597 g/mol. The van der Waals surface area contributed by atoms with Crippen LogP contribution >= 0.6 is 0 Å². The molecular weight excluding hydrogens is 562 g/mol. The summed E-state index contributed by atoms with van der Waals surface area (Å²) >= 11 is 0. The number of hydrogen-bond acceptors (Lipinski definition) is 14. The van der Waals surface area contributed by atoms with Gasteiger partial charge in [-0.2, -0.15) is 0 Å². The molecule has 1 fully saturated rings. The summed E-state index contributed by atoms with van der Waals surface area (Å²) < 4.78 is 43.7. The molecule has 0 radical (unpaired) electrons. The summed E-state index contributed by atoms with van der Waals surface area (Å²) in [7, 11) is 2.52. The zero-order chi connectivity index (χ0) is 31.6. The molecule has 1 amide bonds. The number of amides is 1. The van der Waals surface area contributed by atoms with Crippen molar-refractivity contribution in [2.75, 3.05) is 20.8 Å². The third kappa shape index (κ3) is 9.33. The van der Waals surface area contributed by atoms with Crippen LogP contribution < -0.4 is 14.8 Å². The highest BCUT2D eigenvalue weighted by Crippen LogP contribution is 2.38. The van der Waals surface area contributed by atoms with E-state index in [1.807, 2.05) is 0 Å². The van der Waals surface area contributed by atoms with Gasteiger partial charge in [-0.1, -0.05) is 0 Å². The Balaban J connectivity index is 2.77. The second-order valence-electron chi connectivity index (χ2n) is 9.21. The van der Waals surface area contributed by atoms with Crippen LogP contribution in [0, 0.1) is 0 Å². The minimum Gasteiger partial charge on any atom is -0.497 e. The van der Waals surface area contributed by atoms with Crippen LogP contribution in [0.3, 0.4) is 0 Å². The van der Waals surface area contributed by atoms with Crippen molar-refractivity contribution in [3.63, 3.8) is 0 Å². The molecular formula is C27H35NO14. The first-order valence-corrected chi connectivity index (χ1v) is 12.7. The maximum absolute atomic E-state index is 13.3. The zero-order valence-corrected chi connectivity index (χ0v) is 24.3. The largest absolute Gasteiger partial charge is 0.497 e. The van der Waals surface area contributed by atoms with Crippen molar-refractivity contribution in [3.05, 3.63) is 24.3 Å². The van der Waals surface area contributed by atoms with E-state index in [0.29, 0.717) is 5.75 Å². The number of hydrogen-bond donors (Lipinski definition) is 1. The normalized spacial score (nSPS) is 22.8. The van der Waals surface area contributed by atoms with E-state index in [4.69, 9.17) is 37.9 Å². The molecule has 1 heterocycles. The minimum atomic E-state index is -2.36. The van der Waals surface area contributed by atoms with E-state index in [1.165, 1.54) is 26.2 Å². The maximum Gasteiger partial charge on any atom is 0.379 e. The van der Waals surface area contributed by atoms with Gasteiger partial charge in [-0.15, -0.1) is 0 Å². The Morgan fingerprint density at radius 1 is 0.881 bits per heavy atom. The predicted molar refractivity (Wildman–Crippen MR) is 139 cm³/mol. The van der Waals surface area contributed by atoms with Crippen LogP contribution in [0.4, 0.5) is 0 Å². The molecule has 1 N–H and O–H groups in total. The predicted octanol–water partition coefficient (Wildman–Crippen LogP) is 0.595. The van der Waals surface area contributed by atoms with E-state index in [0.717, 1.165) is 34.8 Å². The summed E-state index contributed by atoms with van der Waals surface area (Å²) in [6, 6.07) is 4.72. The van der Waals surface area contributed by atoms with Crippen LogP contribution in [0.2, 0.25) is 0 Å². The number of ether oxygens (including phenoxy) is 8. The van der Waals surface area contributed by atoms with Gasteiger partial charge in [0.25, 0.3) is 0 Å². The Kier molecular flexibility index (Phi) is 12.1. The molecule has 1 aromatic rings. The smallest absolute Gasteiger partial charge is 0.379 e. The Morgan fingerprint density at radius 3 is 1.95 bits per heavy atom. The summed E-state index contributed by atoms with van der Waals surface area (Å²) in [5, 5.41) is 2.58. The summed E-state index contributed by atoms with van der Waals surface area (Å²) in [6.07, 6.45) is -6.62. The first kappa shape index (κ1) is 33.8. The van der Waals surface area contributed by atoms with Crippen molar-refractivity contribution in [2.45, 2.75) is 77.3 Å². The Hall–Kier alpha value is -4.40. The van der Waals surface area contributed by atoms with Crippen LogP contribution in [0.5, 0.6) is 11.5 Å². The van der Waals surface area contributed by atoms with Gasteiger partial charge in [0.2, 0.25) is 5.91 Å². The lowest BCUT2D eigenvalue weighted by Gasteiger charge is -2.48. The molecule has 1 aliphatic heterocycles. The van der Waals surface area contributed by atoms with Gasteiger partial charge in [0.15, 0.2) is 12.2 Å². The average Bonchev–Trinajstić information content (AvgIpc) is 2.90. The molecule has 0 unspecified atom stereocenters. The van der Waals surface area contributed by atoms with Crippen molar-refractivity contribution in [2.24, 2.45) is 0 Å². The molecule has 0 aliphatic carbocycles. The molecule has 0 aromatic heterocycles. The van der Waals surface area contributed by atoms with E-state index >= 15 is 0 Å². The zero-order valence-electron chi connectivity index (χ0n) is 24.3. The van der Waals surface area contributed by atoms with Gasteiger partial charge >= 0.3 is 35.6 Å². The van der Waals surface area contributed by atoms with Crippen molar-refractivity contribution in [3.8, 4) is 11.5 Å². The summed E-state index contributed by atoms with van der Waals surface area (Å²) in [4.78, 5) is 73.7. The van der Waals surface area contributed by atoms with Crippen molar-refractivity contribution < 1.29 is 66.7 Å². The fourth-order valence-electron chi connectivity index (χ4n) is 4.34. The van der Waals surface area contributed by atoms with E-state index in [-0.39, 0.29) is 5.75 Å². The summed E-state index contributed by atoms with van der Waals surface area (Å²) in [6.45, 7) is 4.87. The Bertz CT molecular complexity index is 1150. The van der Waals surface area contributed by atoms with Gasteiger partial charge in [0.1, 0.15) is 30.3 Å². The van der Waals surface area contributed by atoms with E-state index in [2.05, 4.69) is 5.32 Å². The lowest BCUT2D eigenvalue weighted by molar-refractivity contribution is -0.289. The van der Waals surface area contributed by atoms with Crippen molar-refractivity contribution in [1.82, 2.24) is 5.32 Å². The van der Waals surface area contributed by atoms with Crippen LogP contribution in [0.1, 0.15) is 41.0 Å². The molecule has 1 aliphatic rings. The second-order valence-corrected chi connectivity index (χ2v) is 9.21. The third-order valence-electron chi connectivity index (χ3n) is 5.84. The Morgan fingerprint density at radius 2 is 1.48 bits per heavy atom. The lowest BCUT2D eigenvalue weighted by atomic mass is 9.88. The van der Waals surface area contributed by atoms with Gasteiger partial charge in [-0.3, -0.25) is 24.0 Å². The highest BCUT2D eigenvalue weighted by Gasteiger charge is 2.60. The first-order valence-electron chi connectivity index (χ1n) is 12.7. The van der Waals surface area contributed by atoms with Gasteiger partial charge in [-0.05, 0) is 24.3 Å². The Labute approximate surface area is 242 Å². The van der Waals surface area contributed by atoms with Gasteiger partial charge in [0.05, 0.1) is 26.7 Å². The number of esters is 5. The number of benzene rings is 1. The molecule has 0 saturated carbocycles. The quantitative estimate of drug-likeness (QED) is 0.260. The molecule has 42 heavy (non-hydrogen) atoms. The number of rotatable bonds is 12. The number of carbonyl (C=O) groups excluding carboxylic acids is 6. The fourth-order valence-corrected chi connectivity index (χ4v) is 4.34. The fraction of sp³-hybridized carbons (Fsp3) is 0.556. The highest BCUT2D eigenvalue weighted by atomic mass is 16.7. The van der Waals surface area contributed by atoms with E-state index in [1.54, 1.807) is 12.1 Å². The molecule has 232 valence electrons. The van der Waals surface area contributed by atoms with Crippen LogP contribution in [-0.2, 0) is 57.2 Å². The van der Waals surface area contributed by atoms with Gasteiger partial charge < -0.3 is 43.2 Å². The average molecular weight is 598 g/mol. The third-order valence-corrected chi connectivity index (χ3v) is 5.84. The van der Waals surface area contributed by atoms with Crippen molar-refractivity contribution >= 4 is 35.8 Å². The molecule has 2 rings (SSSR count). The molecule has 15 nitrogen and oxygen atoms in total. The maximum atomic E-state index is 13.3. The van der Waals surface area contributed by atoms with E-state index < -0.39 is 85.0 Å². The highest BCUT2D eigenvalue weighted by molar-refractivity contribution is 5.79. The standard InChI is InChI=1S/C27H35NO14/c1-14(29)28-23-21(38-16(3)31)12-27(26(34)36-7,41-20-10-8-19(35-6)9-11-20)42-25(23)24(40-18(5)33)22(39-17(4)32)13-37-15(2)30/h8-11,21-25H,12-13H2,1-7H3,(H,28,29)/t21-,22+,23+,24+,25+,27-/m0/s1. The molecule has 0 spiro atoms.